The molecule has 0 aliphatic heterocycles. The Morgan fingerprint density at radius 2 is 1.70 bits per heavy atom. The molecule has 4 fully saturated rings. The summed E-state index contributed by atoms with van der Waals surface area (Å²) in [4.78, 5) is 13.7. The maximum absolute atomic E-state index is 12.5. The first-order valence-corrected chi connectivity index (χ1v) is 9.99. The number of carbonyl (C=O) groups is 1. The smallest absolute Gasteiger partial charge is 0.233 e. The van der Waals surface area contributed by atoms with Crippen LogP contribution in [0.2, 0.25) is 0 Å². The van der Waals surface area contributed by atoms with Gasteiger partial charge in [-0.15, -0.1) is 11.8 Å². The van der Waals surface area contributed by atoms with Gasteiger partial charge in [0.1, 0.15) is 0 Å². The summed E-state index contributed by atoms with van der Waals surface area (Å²) in [5, 5.41) is 3.28. The van der Waals surface area contributed by atoms with Crippen LogP contribution in [0.3, 0.4) is 0 Å². The third-order valence-corrected chi connectivity index (χ3v) is 7.34. The number of amides is 1. The second kappa shape index (κ2) is 6.16. The number of nitrogens with one attached hydrogen (secondary N) is 1. The summed E-state index contributed by atoms with van der Waals surface area (Å²) in [6, 6.07) is 10.2. The molecule has 2 nitrogen and oxygen atoms in total. The molecular formula is C20H27NOS. The molecule has 0 unspecified atom stereocenters. The molecule has 4 aliphatic carbocycles. The van der Waals surface area contributed by atoms with E-state index in [9.17, 15) is 4.79 Å². The standard InChI is InChI=1S/C20H27NOS/c1-14(23-18-5-3-2-4-6-18)19(22)21-13-20-10-15-7-16(11-20)9-17(8-15)12-20/h2-6,14-17H,7-13H2,1H3,(H,21,22)/t14-,15?,16?,17?,20?/m1/s1. The van der Waals surface area contributed by atoms with Gasteiger partial charge in [0, 0.05) is 11.4 Å². The van der Waals surface area contributed by atoms with E-state index in [1.54, 1.807) is 11.8 Å². The zero-order chi connectivity index (χ0) is 15.9. The van der Waals surface area contributed by atoms with Gasteiger partial charge in [0.2, 0.25) is 5.91 Å². The third-order valence-electron chi connectivity index (χ3n) is 6.23. The number of hydrogen-bond acceptors (Lipinski definition) is 2. The van der Waals surface area contributed by atoms with Crippen LogP contribution in [-0.2, 0) is 4.79 Å². The van der Waals surface area contributed by atoms with Gasteiger partial charge >= 0.3 is 0 Å². The van der Waals surface area contributed by atoms with Crippen molar-refractivity contribution in [2.75, 3.05) is 6.54 Å². The van der Waals surface area contributed by atoms with Gasteiger partial charge < -0.3 is 5.32 Å². The number of thioether (sulfide) groups is 1. The molecule has 0 radical (unpaired) electrons. The molecule has 23 heavy (non-hydrogen) atoms. The van der Waals surface area contributed by atoms with Crippen LogP contribution in [0.1, 0.15) is 45.4 Å². The minimum Gasteiger partial charge on any atom is -0.355 e. The molecule has 1 N–H and O–H groups in total. The molecule has 4 saturated carbocycles. The van der Waals surface area contributed by atoms with Crippen molar-refractivity contribution in [1.82, 2.24) is 5.32 Å². The van der Waals surface area contributed by atoms with E-state index in [1.807, 2.05) is 25.1 Å². The van der Waals surface area contributed by atoms with Crippen molar-refractivity contribution in [3.05, 3.63) is 30.3 Å². The first-order chi connectivity index (χ1) is 11.1. The summed E-state index contributed by atoms with van der Waals surface area (Å²) >= 11 is 1.66. The average molecular weight is 330 g/mol. The van der Waals surface area contributed by atoms with E-state index in [4.69, 9.17) is 0 Å². The molecule has 1 atom stereocenters. The SMILES string of the molecule is C[C@@H](Sc1ccccc1)C(=O)NCC12CC3CC(CC(C3)C1)C2. The van der Waals surface area contributed by atoms with Crippen molar-refractivity contribution < 1.29 is 4.79 Å². The van der Waals surface area contributed by atoms with Crippen LogP contribution in [0.4, 0.5) is 0 Å². The number of carbonyl (C=O) groups excluding carboxylic acids is 1. The third kappa shape index (κ3) is 3.31. The molecule has 124 valence electrons. The van der Waals surface area contributed by atoms with Crippen LogP contribution in [0.15, 0.2) is 35.2 Å². The predicted octanol–water partition coefficient (Wildman–Crippen LogP) is 4.50. The molecule has 0 saturated heterocycles. The molecular weight excluding hydrogens is 302 g/mol. The summed E-state index contributed by atoms with van der Waals surface area (Å²) in [6.45, 7) is 2.93. The minimum absolute atomic E-state index is 0.0219. The van der Waals surface area contributed by atoms with Crippen molar-refractivity contribution in [1.29, 1.82) is 0 Å². The quantitative estimate of drug-likeness (QED) is 0.806. The van der Waals surface area contributed by atoms with Crippen LogP contribution in [0.5, 0.6) is 0 Å². The van der Waals surface area contributed by atoms with Crippen LogP contribution >= 0.6 is 11.8 Å². The van der Waals surface area contributed by atoms with Crippen LogP contribution in [0.25, 0.3) is 0 Å². The average Bonchev–Trinajstić information content (AvgIpc) is 2.52. The molecule has 1 amide bonds. The Balaban J connectivity index is 1.33. The topological polar surface area (TPSA) is 29.1 Å². The molecule has 0 aromatic heterocycles. The van der Waals surface area contributed by atoms with E-state index in [1.165, 1.54) is 43.4 Å². The Hall–Kier alpha value is -0.960. The second-order valence-corrected chi connectivity index (χ2v) is 9.62. The largest absolute Gasteiger partial charge is 0.355 e. The fourth-order valence-corrected chi connectivity index (χ4v) is 6.59. The van der Waals surface area contributed by atoms with E-state index in [0.717, 1.165) is 24.3 Å². The Labute approximate surface area is 143 Å². The monoisotopic (exact) mass is 329 g/mol. The lowest BCUT2D eigenvalue weighted by atomic mass is 9.49. The normalized spacial score (nSPS) is 36.0. The summed E-state index contributed by atoms with van der Waals surface area (Å²) < 4.78 is 0. The van der Waals surface area contributed by atoms with Gasteiger partial charge in [-0.05, 0) is 80.8 Å². The molecule has 4 bridgehead atoms. The van der Waals surface area contributed by atoms with E-state index in [2.05, 4.69) is 17.4 Å². The fraction of sp³-hybridized carbons (Fsp3) is 0.650. The lowest BCUT2D eigenvalue weighted by Crippen LogP contribution is -2.51. The van der Waals surface area contributed by atoms with Crippen molar-refractivity contribution >= 4 is 17.7 Å². The number of rotatable bonds is 5. The highest BCUT2D eigenvalue weighted by Crippen LogP contribution is 2.59. The van der Waals surface area contributed by atoms with Crippen LogP contribution < -0.4 is 5.32 Å². The Morgan fingerprint density at radius 3 is 2.26 bits per heavy atom. The Kier molecular flexibility index (Phi) is 4.17. The maximum atomic E-state index is 12.5. The second-order valence-electron chi connectivity index (χ2n) is 8.21. The van der Waals surface area contributed by atoms with Gasteiger partial charge in [-0.1, -0.05) is 18.2 Å². The van der Waals surface area contributed by atoms with Crippen LogP contribution in [-0.4, -0.2) is 17.7 Å². The summed E-state index contributed by atoms with van der Waals surface area (Å²) in [5.41, 5.74) is 0.432. The highest BCUT2D eigenvalue weighted by Gasteiger charge is 2.50. The lowest BCUT2D eigenvalue weighted by molar-refractivity contribution is -0.122. The zero-order valence-electron chi connectivity index (χ0n) is 14.0. The van der Waals surface area contributed by atoms with E-state index in [0.29, 0.717) is 5.41 Å². The van der Waals surface area contributed by atoms with Gasteiger partial charge in [0.25, 0.3) is 0 Å². The van der Waals surface area contributed by atoms with Crippen molar-refractivity contribution in [3.63, 3.8) is 0 Å². The van der Waals surface area contributed by atoms with Crippen LogP contribution in [0, 0.1) is 23.2 Å². The molecule has 4 aliphatic rings. The fourth-order valence-electron chi connectivity index (χ4n) is 5.68. The minimum atomic E-state index is -0.0219. The van der Waals surface area contributed by atoms with Crippen molar-refractivity contribution in [2.45, 2.75) is 55.6 Å². The molecule has 1 aromatic carbocycles. The first-order valence-electron chi connectivity index (χ1n) is 9.11. The lowest BCUT2D eigenvalue weighted by Gasteiger charge is -2.57. The molecule has 3 heteroatoms. The summed E-state index contributed by atoms with van der Waals surface area (Å²) in [5.74, 6) is 3.06. The maximum Gasteiger partial charge on any atom is 0.233 e. The highest BCUT2D eigenvalue weighted by atomic mass is 32.2. The summed E-state index contributed by atoms with van der Waals surface area (Å²) in [6.07, 6.45) is 8.48. The number of hydrogen-bond donors (Lipinski definition) is 1. The van der Waals surface area contributed by atoms with E-state index in [-0.39, 0.29) is 11.2 Å². The predicted molar refractivity (Wildman–Crippen MR) is 95.4 cm³/mol. The van der Waals surface area contributed by atoms with Gasteiger partial charge in [-0.2, -0.15) is 0 Å². The van der Waals surface area contributed by atoms with E-state index >= 15 is 0 Å². The zero-order valence-corrected chi connectivity index (χ0v) is 14.8. The highest BCUT2D eigenvalue weighted by molar-refractivity contribution is 8.00. The first kappa shape index (κ1) is 15.6. The van der Waals surface area contributed by atoms with Crippen molar-refractivity contribution in [2.24, 2.45) is 23.2 Å². The summed E-state index contributed by atoms with van der Waals surface area (Å²) in [7, 11) is 0. The molecule has 0 heterocycles. The molecule has 0 spiro atoms. The molecule has 1 aromatic rings. The van der Waals surface area contributed by atoms with E-state index < -0.39 is 0 Å². The Morgan fingerprint density at radius 1 is 1.13 bits per heavy atom. The van der Waals surface area contributed by atoms with Gasteiger partial charge in [-0.3, -0.25) is 4.79 Å². The van der Waals surface area contributed by atoms with Gasteiger partial charge in [0.15, 0.2) is 0 Å². The van der Waals surface area contributed by atoms with Gasteiger partial charge in [-0.25, -0.2) is 0 Å². The number of benzene rings is 1. The van der Waals surface area contributed by atoms with Crippen molar-refractivity contribution in [3.8, 4) is 0 Å². The Bertz CT molecular complexity index is 535. The molecule has 5 rings (SSSR count). The van der Waals surface area contributed by atoms with Gasteiger partial charge in [0.05, 0.1) is 5.25 Å².